The Kier molecular flexibility index (Phi) is 4.69. The van der Waals surface area contributed by atoms with E-state index in [1.807, 2.05) is 6.07 Å². The lowest BCUT2D eigenvalue weighted by atomic mass is 10.0. The third-order valence-electron chi connectivity index (χ3n) is 3.77. The molecule has 2 heterocycles. The van der Waals surface area contributed by atoms with Gasteiger partial charge in [-0.15, -0.1) is 0 Å². The van der Waals surface area contributed by atoms with Crippen LogP contribution in [0.1, 0.15) is 19.8 Å². The average molecular weight is 337 g/mol. The molecule has 1 saturated heterocycles. The van der Waals surface area contributed by atoms with E-state index in [0.717, 1.165) is 24.7 Å². The molecular weight excluding hydrogens is 319 g/mol. The topological polar surface area (TPSA) is 41.1 Å². The third kappa shape index (κ3) is 3.62. The van der Waals surface area contributed by atoms with Gasteiger partial charge in [-0.25, -0.2) is 4.98 Å². The van der Waals surface area contributed by atoms with Crippen molar-refractivity contribution in [2.45, 2.75) is 19.8 Å². The summed E-state index contributed by atoms with van der Waals surface area (Å²) in [6.07, 6.45) is 4.22. The number of hydrogen-bond acceptors (Lipinski definition) is 4. The van der Waals surface area contributed by atoms with Crippen LogP contribution in [0.2, 0.25) is 10.0 Å². The van der Waals surface area contributed by atoms with Crippen LogP contribution >= 0.6 is 23.2 Å². The lowest BCUT2D eigenvalue weighted by molar-refractivity contribution is 0.442. The minimum atomic E-state index is 0.608. The Balaban J connectivity index is 1.80. The van der Waals surface area contributed by atoms with Gasteiger partial charge in [0.05, 0.1) is 10.7 Å². The van der Waals surface area contributed by atoms with Gasteiger partial charge in [0.25, 0.3) is 0 Å². The van der Waals surface area contributed by atoms with Crippen molar-refractivity contribution >= 4 is 40.7 Å². The van der Waals surface area contributed by atoms with E-state index in [1.54, 1.807) is 24.4 Å². The molecule has 1 aliphatic rings. The highest BCUT2D eigenvalue weighted by Gasteiger charge is 2.18. The van der Waals surface area contributed by atoms with E-state index in [9.17, 15) is 0 Å². The molecule has 116 valence electrons. The van der Waals surface area contributed by atoms with Crippen LogP contribution in [0.4, 0.5) is 17.5 Å². The monoisotopic (exact) mass is 336 g/mol. The first-order chi connectivity index (χ1) is 10.6. The zero-order valence-electron chi connectivity index (χ0n) is 12.4. The zero-order valence-corrected chi connectivity index (χ0v) is 13.9. The summed E-state index contributed by atoms with van der Waals surface area (Å²) in [5.74, 6) is 2.15. The van der Waals surface area contributed by atoms with Crippen molar-refractivity contribution in [1.82, 2.24) is 9.97 Å². The smallest absolute Gasteiger partial charge is 0.227 e. The van der Waals surface area contributed by atoms with Crippen molar-refractivity contribution in [2.24, 2.45) is 5.92 Å². The number of aromatic nitrogens is 2. The summed E-state index contributed by atoms with van der Waals surface area (Å²) in [6, 6.07) is 7.14. The minimum absolute atomic E-state index is 0.608. The largest absolute Gasteiger partial charge is 0.341 e. The summed E-state index contributed by atoms with van der Waals surface area (Å²) in [6.45, 7) is 4.27. The fourth-order valence-corrected chi connectivity index (χ4v) is 3.01. The Morgan fingerprint density at radius 3 is 2.95 bits per heavy atom. The molecule has 2 aromatic rings. The molecule has 0 amide bonds. The van der Waals surface area contributed by atoms with Crippen molar-refractivity contribution in [3.63, 3.8) is 0 Å². The van der Waals surface area contributed by atoms with E-state index in [0.29, 0.717) is 21.8 Å². The molecule has 1 aromatic carbocycles. The second-order valence-corrected chi connectivity index (χ2v) is 6.53. The fraction of sp³-hybridized carbons (Fsp3) is 0.375. The molecule has 1 aromatic heterocycles. The molecule has 4 nitrogen and oxygen atoms in total. The first-order valence-corrected chi connectivity index (χ1v) is 8.17. The Labute approximate surface area is 140 Å². The second-order valence-electron chi connectivity index (χ2n) is 5.68. The Bertz CT molecular complexity index is 662. The van der Waals surface area contributed by atoms with Crippen LogP contribution in [0.5, 0.6) is 0 Å². The first kappa shape index (κ1) is 15.4. The van der Waals surface area contributed by atoms with Crippen LogP contribution in [0.25, 0.3) is 0 Å². The first-order valence-electron chi connectivity index (χ1n) is 7.42. The van der Waals surface area contributed by atoms with Gasteiger partial charge < -0.3 is 10.2 Å². The van der Waals surface area contributed by atoms with Crippen LogP contribution in [-0.4, -0.2) is 23.1 Å². The summed E-state index contributed by atoms with van der Waals surface area (Å²) in [4.78, 5) is 11.2. The van der Waals surface area contributed by atoms with Gasteiger partial charge in [0.2, 0.25) is 5.95 Å². The van der Waals surface area contributed by atoms with Gasteiger partial charge in [0, 0.05) is 24.3 Å². The summed E-state index contributed by atoms with van der Waals surface area (Å²) < 4.78 is 0. The van der Waals surface area contributed by atoms with Crippen LogP contribution in [-0.2, 0) is 0 Å². The average Bonchev–Trinajstić information content (AvgIpc) is 2.51. The van der Waals surface area contributed by atoms with Crippen LogP contribution < -0.4 is 10.2 Å². The Morgan fingerprint density at radius 2 is 2.14 bits per heavy atom. The van der Waals surface area contributed by atoms with Gasteiger partial charge in [0.15, 0.2) is 0 Å². The van der Waals surface area contributed by atoms with Crippen LogP contribution in [0.3, 0.4) is 0 Å². The highest BCUT2D eigenvalue weighted by molar-refractivity contribution is 6.35. The molecule has 0 bridgehead atoms. The van der Waals surface area contributed by atoms with Crippen molar-refractivity contribution < 1.29 is 0 Å². The maximum Gasteiger partial charge on any atom is 0.227 e. The molecule has 6 heteroatoms. The zero-order chi connectivity index (χ0) is 15.5. The standard InChI is InChI=1S/C16H18Cl2N4/c1-11-3-2-8-22(10-11)16-19-7-6-15(21-16)20-14-9-12(17)4-5-13(14)18/h4-7,9,11H,2-3,8,10H2,1H3,(H,19,20,21). The maximum atomic E-state index is 6.18. The summed E-state index contributed by atoms with van der Waals surface area (Å²) in [5, 5.41) is 4.45. The normalized spacial score (nSPS) is 18.3. The highest BCUT2D eigenvalue weighted by Crippen LogP contribution is 2.28. The number of hydrogen-bond donors (Lipinski definition) is 1. The molecule has 3 rings (SSSR count). The quantitative estimate of drug-likeness (QED) is 0.876. The van der Waals surface area contributed by atoms with Gasteiger partial charge in [-0.1, -0.05) is 30.1 Å². The van der Waals surface area contributed by atoms with Gasteiger partial charge in [-0.2, -0.15) is 4.98 Å². The molecule has 1 fully saturated rings. The van der Waals surface area contributed by atoms with Crippen molar-refractivity contribution in [3.05, 3.63) is 40.5 Å². The molecule has 22 heavy (non-hydrogen) atoms. The number of benzene rings is 1. The molecule has 0 spiro atoms. The summed E-state index contributed by atoms with van der Waals surface area (Å²) in [5.41, 5.74) is 0.742. The van der Waals surface area contributed by atoms with Crippen molar-refractivity contribution in [3.8, 4) is 0 Å². The SMILES string of the molecule is CC1CCCN(c2nccc(Nc3cc(Cl)ccc3Cl)n2)C1. The number of anilines is 3. The third-order valence-corrected chi connectivity index (χ3v) is 4.34. The molecule has 1 N–H and O–H groups in total. The van der Waals surface area contributed by atoms with Gasteiger partial charge in [-0.05, 0) is 43.0 Å². The lowest BCUT2D eigenvalue weighted by Gasteiger charge is -2.30. The van der Waals surface area contributed by atoms with E-state index >= 15 is 0 Å². The number of halogens is 2. The fourth-order valence-electron chi connectivity index (χ4n) is 2.67. The molecule has 1 atom stereocenters. The van der Waals surface area contributed by atoms with Crippen molar-refractivity contribution in [1.29, 1.82) is 0 Å². The number of piperidine rings is 1. The highest BCUT2D eigenvalue weighted by atomic mass is 35.5. The Morgan fingerprint density at radius 1 is 1.27 bits per heavy atom. The summed E-state index contributed by atoms with van der Waals surface area (Å²) >= 11 is 12.2. The van der Waals surface area contributed by atoms with E-state index < -0.39 is 0 Å². The molecular formula is C16H18Cl2N4. The van der Waals surface area contributed by atoms with Gasteiger partial charge >= 0.3 is 0 Å². The molecule has 1 aliphatic heterocycles. The van der Waals surface area contributed by atoms with Crippen molar-refractivity contribution in [2.75, 3.05) is 23.3 Å². The van der Waals surface area contributed by atoms with Crippen LogP contribution in [0, 0.1) is 5.92 Å². The van der Waals surface area contributed by atoms with Crippen LogP contribution in [0.15, 0.2) is 30.5 Å². The number of nitrogens with zero attached hydrogens (tertiary/aromatic N) is 3. The predicted molar refractivity (Wildman–Crippen MR) is 92.4 cm³/mol. The number of nitrogens with one attached hydrogen (secondary N) is 1. The van der Waals surface area contributed by atoms with E-state index in [2.05, 4.69) is 27.1 Å². The maximum absolute atomic E-state index is 6.18. The van der Waals surface area contributed by atoms with E-state index in [-0.39, 0.29) is 0 Å². The number of rotatable bonds is 3. The van der Waals surface area contributed by atoms with Gasteiger partial charge in [0.1, 0.15) is 5.82 Å². The molecule has 0 aliphatic carbocycles. The lowest BCUT2D eigenvalue weighted by Crippen LogP contribution is -2.35. The Hall–Kier alpha value is -1.52. The predicted octanol–water partition coefficient (Wildman–Crippen LogP) is 4.76. The minimum Gasteiger partial charge on any atom is -0.341 e. The molecule has 0 saturated carbocycles. The van der Waals surface area contributed by atoms with E-state index in [4.69, 9.17) is 23.2 Å². The second kappa shape index (κ2) is 6.71. The van der Waals surface area contributed by atoms with Gasteiger partial charge in [-0.3, -0.25) is 0 Å². The molecule has 1 unspecified atom stereocenters. The van der Waals surface area contributed by atoms with E-state index in [1.165, 1.54) is 12.8 Å². The molecule has 0 radical (unpaired) electrons. The summed E-state index contributed by atoms with van der Waals surface area (Å²) in [7, 11) is 0.